The van der Waals surface area contributed by atoms with E-state index in [2.05, 4.69) is 26.8 Å². The molecule has 2 aromatic carbocycles. The van der Waals surface area contributed by atoms with Crippen LogP contribution in [0.25, 0.3) is 22.2 Å². The summed E-state index contributed by atoms with van der Waals surface area (Å²) < 4.78 is 8.09. The highest BCUT2D eigenvalue weighted by Crippen LogP contribution is 2.40. The standard InChI is InChI=1S/C25H24N6O/c26-15-25(28)12-10-18(11-13-25)31-14-21(22-23(27)29-16-30-24(22)31)17-6-8-20(9-7-17)32-19-4-2-1-3-5-19/h1-9,14,16,18H,10-13,28H2,(H2,27,29,30)/t18-,25+. The van der Waals surface area contributed by atoms with E-state index in [4.69, 9.17) is 16.2 Å². The molecule has 0 spiro atoms. The van der Waals surface area contributed by atoms with E-state index in [1.807, 2.05) is 54.6 Å². The largest absolute Gasteiger partial charge is 0.457 e. The third-order valence-electron chi connectivity index (χ3n) is 6.25. The molecule has 4 aromatic rings. The van der Waals surface area contributed by atoms with Crippen molar-refractivity contribution in [2.24, 2.45) is 5.73 Å². The SMILES string of the molecule is N#C[C@]1(N)CC[C@@H](n2cc(-c3ccc(Oc4ccccc4)cc3)c3c(N)ncnc32)CC1. The van der Waals surface area contributed by atoms with Gasteiger partial charge in [0.25, 0.3) is 0 Å². The van der Waals surface area contributed by atoms with Gasteiger partial charge in [-0.15, -0.1) is 0 Å². The number of ether oxygens (including phenoxy) is 1. The quantitative estimate of drug-likeness (QED) is 0.486. The fraction of sp³-hybridized carbons (Fsp3) is 0.240. The lowest BCUT2D eigenvalue weighted by Crippen LogP contribution is -2.42. The first kappa shape index (κ1) is 20.0. The minimum Gasteiger partial charge on any atom is -0.457 e. The first-order valence-corrected chi connectivity index (χ1v) is 10.7. The van der Waals surface area contributed by atoms with Crippen molar-refractivity contribution < 1.29 is 4.74 Å². The number of fused-ring (bicyclic) bond motifs is 1. The Balaban J connectivity index is 1.49. The van der Waals surface area contributed by atoms with Crippen molar-refractivity contribution >= 4 is 16.9 Å². The number of aromatic nitrogens is 3. The van der Waals surface area contributed by atoms with Gasteiger partial charge in [0, 0.05) is 17.8 Å². The van der Waals surface area contributed by atoms with Crippen LogP contribution in [-0.4, -0.2) is 20.1 Å². The van der Waals surface area contributed by atoms with Crippen LogP contribution in [-0.2, 0) is 0 Å². The number of benzene rings is 2. The van der Waals surface area contributed by atoms with Gasteiger partial charge in [0.1, 0.15) is 34.8 Å². The topological polar surface area (TPSA) is 116 Å². The van der Waals surface area contributed by atoms with E-state index in [9.17, 15) is 5.26 Å². The summed E-state index contributed by atoms with van der Waals surface area (Å²) in [6.45, 7) is 0. The molecule has 4 N–H and O–H groups in total. The van der Waals surface area contributed by atoms with Gasteiger partial charge in [-0.3, -0.25) is 0 Å². The highest BCUT2D eigenvalue weighted by molar-refractivity contribution is 6.00. The smallest absolute Gasteiger partial charge is 0.146 e. The molecule has 0 amide bonds. The fourth-order valence-corrected chi connectivity index (χ4v) is 4.44. The monoisotopic (exact) mass is 424 g/mol. The van der Waals surface area contributed by atoms with Crippen molar-refractivity contribution in [3.05, 3.63) is 67.1 Å². The van der Waals surface area contributed by atoms with Gasteiger partial charge in [0.2, 0.25) is 0 Å². The lowest BCUT2D eigenvalue weighted by molar-refractivity contribution is 0.284. The van der Waals surface area contributed by atoms with Gasteiger partial charge >= 0.3 is 0 Å². The first-order chi connectivity index (χ1) is 15.6. The highest BCUT2D eigenvalue weighted by Gasteiger charge is 2.33. The van der Waals surface area contributed by atoms with Crippen molar-refractivity contribution in [3.8, 4) is 28.7 Å². The van der Waals surface area contributed by atoms with Crippen LogP contribution in [0, 0.1) is 11.3 Å². The number of para-hydroxylation sites is 1. The number of nitriles is 1. The summed E-state index contributed by atoms with van der Waals surface area (Å²) in [6, 6.07) is 20.1. The van der Waals surface area contributed by atoms with Gasteiger partial charge < -0.3 is 20.8 Å². The predicted octanol–water partition coefficient (Wildman–Crippen LogP) is 4.81. The molecule has 0 saturated heterocycles. The lowest BCUT2D eigenvalue weighted by atomic mass is 9.81. The molecule has 0 radical (unpaired) electrons. The maximum atomic E-state index is 9.35. The van der Waals surface area contributed by atoms with Crippen LogP contribution in [0.2, 0.25) is 0 Å². The summed E-state index contributed by atoms with van der Waals surface area (Å²) in [5.41, 5.74) is 14.5. The van der Waals surface area contributed by atoms with Gasteiger partial charge in [-0.05, 0) is 55.5 Å². The average Bonchev–Trinajstić information content (AvgIpc) is 3.22. The zero-order valence-electron chi connectivity index (χ0n) is 17.6. The normalized spacial score (nSPS) is 20.7. The summed E-state index contributed by atoms with van der Waals surface area (Å²) in [4.78, 5) is 8.77. The Labute approximate surface area is 186 Å². The molecule has 1 aliphatic carbocycles. The van der Waals surface area contributed by atoms with E-state index in [1.54, 1.807) is 0 Å². The van der Waals surface area contributed by atoms with Crippen LogP contribution < -0.4 is 16.2 Å². The molecule has 7 heteroatoms. The minimum absolute atomic E-state index is 0.214. The zero-order chi connectivity index (χ0) is 22.1. The molecule has 0 unspecified atom stereocenters. The summed E-state index contributed by atoms with van der Waals surface area (Å²) >= 11 is 0. The number of hydrogen-bond donors (Lipinski definition) is 2. The molecule has 32 heavy (non-hydrogen) atoms. The van der Waals surface area contributed by atoms with Gasteiger partial charge in [-0.2, -0.15) is 5.26 Å². The predicted molar refractivity (Wildman–Crippen MR) is 124 cm³/mol. The Kier molecular flexibility index (Phi) is 5.00. The number of nitrogens with zero attached hydrogens (tertiary/aromatic N) is 4. The molecule has 1 saturated carbocycles. The van der Waals surface area contributed by atoms with Crippen molar-refractivity contribution in [3.63, 3.8) is 0 Å². The zero-order valence-corrected chi connectivity index (χ0v) is 17.6. The van der Waals surface area contributed by atoms with E-state index in [0.29, 0.717) is 18.7 Å². The summed E-state index contributed by atoms with van der Waals surface area (Å²) in [7, 11) is 0. The molecule has 0 atom stereocenters. The molecule has 1 aliphatic rings. The molecule has 160 valence electrons. The molecule has 2 heterocycles. The van der Waals surface area contributed by atoms with Gasteiger partial charge in [-0.25, -0.2) is 9.97 Å². The third-order valence-corrected chi connectivity index (χ3v) is 6.25. The Morgan fingerprint density at radius 2 is 1.69 bits per heavy atom. The summed E-state index contributed by atoms with van der Waals surface area (Å²) in [6.07, 6.45) is 6.57. The van der Waals surface area contributed by atoms with Crippen LogP contribution >= 0.6 is 0 Å². The summed E-state index contributed by atoms with van der Waals surface area (Å²) in [5, 5.41) is 10.2. The van der Waals surface area contributed by atoms with Crippen LogP contribution in [0.15, 0.2) is 67.1 Å². The highest BCUT2D eigenvalue weighted by atomic mass is 16.5. The van der Waals surface area contributed by atoms with Gasteiger partial charge in [0.05, 0.1) is 11.5 Å². The molecule has 2 aromatic heterocycles. The second-order valence-corrected chi connectivity index (χ2v) is 8.35. The molecule has 7 nitrogen and oxygen atoms in total. The number of nitrogens with two attached hydrogens (primary N) is 2. The second-order valence-electron chi connectivity index (χ2n) is 8.35. The van der Waals surface area contributed by atoms with Gasteiger partial charge in [-0.1, -0.05) is 30.3 Å². The van der Waals surface area contributed by atoms with E-state index in [1.165, 1.54) is 6.33 Å². The van der Waals surface area contributed by atoms with Crippen LogP contribution in [0.4, 0.5) is 5.82 Å². The summed E-state index contributed by atoms with van der Waals surface area (Å²) in [5.74, 6) is 2.01. The molecule has 5 rings (SSSR count). The van der Waals surface area contributed by atoms with Crippen molar-refractivity contribution in [1.82, 2.24) is 14.5 Å². The second kappa shape index (κ2) is 7.98. The Bertz CT molecular complexity index is 1280. The molecular weight excluding hydrogens is 400 g/mol. The number of rotatable bonds is 4. The van der Waals surface area contributed by atoms with Gasteiger partial charge in [0.15, 0.2) is 0 Å². The van der Waals surface area contributed by atoms with Crippen LogP contribution in [0.5, 0.6) is 11.5 Å². The minimum atomic E-state index is -0.731. The van der Waals surface area contributed by atoms with Crippen molar-refractivity contribution in [2.45, 2.75) is 37.3 Å². The number of nitrogen functional groups attached to an aromatic ring is 1. The van der Waals surface area contributed by atoms with E-state index >= 15 is 0 Å². The molecule has 1 fully saturated rings. The number of hydrogen-bond acceptors (Lipinski definition) is 6. The van der Waals surface area contributed by atoms with Crippen LogP contribution in [0.1, 0.15) is 31.7 Å². The third kappa shape index (κ3) is 3.66. The van der Waals surface area contributed by atoms with Crippen molar-refractivity contribution in [1.29, 1.82) is 5.26 Å². The van der Waals surface area contributed by atoms with Crippen LogP contribution in [0.3, 0.4) is 0 Å². The molecule has 0 bridgehead atoms. The molecular formula is C25H24N6O. The maximum absolute atomic E-state index is 9.35. The Hall–Kier alpha value is -3.89. The lowest BCUT2D eigenvalue weighted by Gasteiger charge is -2.32. The first-order valence-electron chi connectivity index (χ1n) is 10.7. The molecule has 0 aliphatic heterocycles. The Morgan fingerprint density at radius 3 is 2.38 bits per heavy atom. The van der Waals surface area contributed by atoms with E-state index in [-0.39, 0.29) is 6.04 Å². The van der Waals surface area contributed by atoms with E-state index in [0.717, 1.165) is 46.5 Å². The Morgan fingerprint density at radius 1 is 1.00 bits per heavy atom. The van der Waals surface area contributed by atoms with Crippen molar-refractivity contribution in [2.75, 3.05) is 5.73 Å². The number of anilines is 1. The van der Waals surface area contributed by atoms with E-state index < -0.39 is 5.54 Å². The maximum Gasteiger partial charge on any atom is 0.146 e. The average molecular weight is 425 g/mol. The fourth-order valence-electron chi connectivity index (χ4n) is 4.44.